The number of aryl methyl sites for hydroxylation is 2. The van der Waals surface area contributed by atoms with E-state index < -0.39 is 11.6 Å². The summed E-state index contributed by atoms with van der Waals surface area (Å²) >= 11 is 0. The molecule has 134 valence electrons. The maximum Gasteiger partial charge on any atom is 0.333 e. The van der Waals surface area contributed by atoms with Gasteiger partial charge in [-0.3, -0.25) is 10.1 Å². The Kier molecular flexibility index (Phi) is 4.69. The van der Waals surface area contributed by atoms with Crippen LogP contribution in [0.4, 0.5) is 20.3 Å². The monoisotopic (exact) mass is 350 g/mol. The van der Waals surface area contributed by atoms with Gasteiger partial charge in [0.25, 0.3) is 0 Å². The topological polar surface area (TPSA) is 64.2 Å². The minimum Gasteiger partial charge on any atom is -0.351 e. The van der Waals surface area contributed by atoms with Crippen molar-refractivity contribution in [3.05, 3.63) is 51.2 Å². The first-order valence-corrected chi connectivity index (χ1v) is 8.23. The SMILES string of the molecule is Cc1nn(C)c(N2CCC(Cc3ccc(F)c(F)c3)CC2)c1[N+](=O)[O-]. The molecule has 0 unspecified atom stereocenters. The first-order valence-electron chi connectivity index (χ1n) is 8.23. The highest BCUT2D eigenvalue weighted by molar-refractivity contribution is 5.61. The lowest BCUT2D eigenvalue weighted by Gasteiger charge is -2.32. The summed E-state index contributed by atoms with van der Waals surface area (Å²) in [6.07, 6.45) is 2.35. The van der Waals surface area contributed by atoms with E-state index in [4.69, 9.17) is 0 Å². The van der Waals surface area contributed by atoms with Crippen LogP contribution in [0.3, 0.4) is 0 Å². The third kappa shape index (κ3) is 3.47. The summed E-state index contributed by atoms with van der Waals surface area (Å²) < 4.78 is 27.9. The Balaban J connectivity index is 1.68. The van der Waals surface area contributed by atoms with E-state index in [0.717, 1.165) is 24.5 Å². The van der Waals surface area contributed by atoms with Crippen LogP contribution in [0.15, 0.2) is 18.2 Å². The molecule has 2 heterocycles. The average molecular weight is 350 g/mol. The van der Waals surface area contributed by atoms with E-state index in [9.17, 15) is 18.9 Å². The van der Waals surface area contributed by atoms with Crippen LogP contribution in [0.1, 0.15) is 24.1 Å². The van der Waals surface area contributed by atoms with Crippen molar-refractivity contribution >= 4 is 11.5 Å². The van der Waals surface area contributed by atoms with Crippen molar-refractivity contribution in [3.8, 4) is 0 Å². The summed E-state index contributed by atoms with van der Waals surface area (Å²) in [5, 5.41) is 15.5. The number of piperidine rings is 1. The second-order valence-corrected chi connectivity index (χ2v) is 6.52. The van der Waals surface area contributed by atoms with Crippen LogP contribution in [0.25, 0.3) is 0 Å². The summed E-state index contributed by atoms with van der Waals surface area (Å²) in [6.45, 7) is 2.99. The Morgan fingerprint density at radius 3 is 2.56 bits per heavy atom. The van der Waals surface area contributed by atoms with E-state index in [2.05, 4.69) is 5.10 Å². The molecule has 2 aromatic rings. The van der Waals surface area contributed by atoms with E-state index in [-0.39, 0.29) is 10.6 Å². The number of nitro groups is 1. The van der Waals surface area contributed by atoms with Crippen LogP contribution in [0.5, 0.6) is 0 Å². The summed E-state index contributed by atoms with van der Waals surface area (Å²) in [5.41, 5.74) is 1.24. The minimum atomic E-state index is -0.836. The van der Waals surface area contributed by atoms with Crippen LogP contribution in [-0.4, -0.2) is 27.8 Å². The highest BCUT2D eigenvalue weighted by Crippen LogP contribution is 2.34. The predicted molar refractivity (Wildman–Crippen MR) is 89.6 cm³/mol. The number of nitrogens with zero attached hydrogens (tertiary/aromatic N) is 4. The van der Waals surface area contributed by atoms with Gasteiger partial charge in [0, 0.05) is 20.1 Å². The number of halogens is 2. The van der Waals surface area contributed by atoms with Crippen molar-refractivity contribution in [3.63, 3.8) is 0 Å². The molecule has 6 nitrogen and oxygen atoms in total. The van der Waals surface area contributed by atoms with E-state index in [1.807, 2.05) is 4.90 Å². The van der Waals surface area contributed by atoms with E-state index in [0.29, 0.717) is 36.9 Å². The zero-order valence-electron chi connectivity index (χ0n) is 14.2. The van der Waals surface area contributed by atoms with Gasteiger partial charge in [0.15, 0.2) is 11.6 Å². The van der Waals surface area contributed by atoms with Crippen molar-refractivity contribution < 1.29 is 13.7 Å². The van der Waals surface area contributed by atoms with Crippen molar-refractivity contribution in [2.75, 3.05) is 18.0 Å². The third-order valence-electron chi connectivity index (χ3n) is 4.77. The molecule has 8 heteroatoms. The molecule has 0 atom stereocenters. The second-order valence-electron chi connectivity index (χ2n) is 6.52. The van der Waals surface area contributed by atoms with E-state index >= 15 is 0 Å². The van der Waals surface area contributed by atoms with Crippen LogP contribution < -0.4 is 4.90 Å². The molecule has 1 fully saturated rings. The molecule has 0 amide bonds. The number of aromatic nitrogens is 2. The number of rotatable bonds is 4. The summed E-state index contributed by atoms with van der Waals surface area (Å²) in [5.74, 6) is -0.781. The Morgan fingerprint density at radius 1 is 1.28 bits per heavy atom. The summed E-state index contributed by atoms with van der Waals surface area (Å²) in [4.78, 5) is 12.9. The highest BCUT2D eigenvalue weighted by atomic mass is 19.2. The Morgan fingerprint density at radius 2 is 1.96 bits per heavy atom. The van der Waals surface area contributed by atoms with Gasteiger partial charge in [-0.15, -0.1) is 0 Å². The Hall–Kier alpha value is -2.51. The number of hydrogen-bond acceptors (Lipinski definition) is 4. The fourth-order valence-corrected chi connectivity index (χ4v) is 3.55. The maximum atomic E-state index is 13.3. The lowest BCUT2D eigenvalue weighted by atomic mass is 9.90. The predicted octanol–water partition coefficient (Wildman–Crippen LogP) is 3.37. The molecule has 1 aliphatic rings. The van der Waals surface area contributed by atoms with Crippen molar-refractivity contribution in [1.29, 1.82) is 0 Å². The molecule has 1 saturated heterocycles. The van der Waals surface area contributed by atoms with Crippen LogP contribution in [-0.2, 0) is 13.5 Å². The molecule has 1 aromatic carbocycles. The van der Waals surface area contributed by atoms with Crippen LogP contribution >= 0.6 is 0 Å². The number of hydrogen-bond donors (Lipinski definition) is 0. The van der Waals surface area contributed by atoms with Gasteiger partial charge in [-0.2, -0.15) is 5.10 Å². The average Bonchev–Trinajstić information content (AvgIpc) is 2.86. The maximum absolute atomic E-state index is 13.3. The molecular weight excluding hydrogens is 330 g/mol. The van der Waals surface area contributed by atoms with Gasteiger partial charge < -0.3 is 4.90 Å². The molecule has 0 spiro atoms. The van der Waals surface area contributed by atoms with Gasteiger partial charge in [0.1, 0.15) is 5.69 Å². The molecule has 0 bridgehead atoms. The van der Waals surface area contributed by atoms with E-state index in [1.165, 1.54) is 6.07 Å². The minimum absolute atomic E-state index is 0.0570. The highest BCUT2D eigenvalue weighted by Gasteiger charge is 2.31. The zero-order chi connectivity index (χ0) is 18.1. The number of benzene rings is 1. The third-order valence-corrected chi connectivity index (χ3v) is 4.77. The van der Waals surface area contributed by atoms with Gasteiger partial charge in [0.2, 0.25) is 5.82 Å². The van der Waals surface area contributed by atoms with E-state index in [1.54, 1.807) is 24.7 Å². The summed E-state index contributed by atoms with van der Waals surface area (Å²) in [6, 6.07) is 4.01. The summed E-state index contributed by atoms with van der Waals surface area (Å²) in [7, 11) is 1.71. The molecule has 3 rings (SSSR count). The Bertz CT molecular complexity index is 798. The van der Waals surface area contributed by atoms with Crippen molar-refractivity contribution in [1.82, 2.24) is 9.78 Å². The fourth-order valence-electron chi connectivity index (χ4n) is 3.55. The molecule has 0 aliphatic carbocycles. The molecule has 25 heavy (non-hydrogen) atoms. The van der Waals surface area contributed by atoms with Gasteiger partial charge in [-0.05, 0) is 49.8 Å². The van der Waals surface area contributed by atoms with Crippen LogP contribution in [0, 0.1) is 34.6 Å². The fraction of sp³-hybridized carbons (Fsp3) is 0.471. The lowest BCUT2D eigenvalue weighted by molar-refractivity contribution is -0.384. The largest absolute Gasteiger partial charge is 0.351 e. The number of anilines is 1. The van der Waals surface area contributed by atoms with Crippen molar-refractivity contribution in [2.45, 2.75) is 26.2 Å². The van der Waals surface area contributed by atoms with Crippen molar-refractivity contribution in [2.24, 2.45) is 13.0 Å². The molecular formula is C17H20F2N4O2. The smallest absolute Gasteiger partial charge is 0.333 e. The molecule has 1 aromatic heterocycles. The molecule has 0 N–H and O–H groups in total. The normalized spacial score (nSPS) is 15.6. The Labute approximate surface area is 144 Å². The van der Waals surface area contributed by atoms with Gasteiger partial charge in [-0.25, -0.2) is 13.5 Å². The van der Waals surface area contributed by atoms with Gasteiger partial charge in [0.05, 0.1) is 4.92 Å². The molecule has 1 aliphatic heterocycles. The standard InChI is InChI=1S/C17H20F2N4O2/c1-11-16(23(24)25)17(21(2)20-11)22-7-5-12(6-8-22)9-13-3-4-14(18)15(19)10-13/h3-4,10,12H,5-9H2,1-2H3. The molecule has 0 saturated carbocycles. The van der Waals surface area contributed by atoms with Gasteiger partial charge in [-0.1, -0.05) is 6.07 Å². The lowest BCUT2D eigenvalue weighted by Crippen LogP contribution is -2.35. The second kappa shape index (κ2) is 6.78. The first kappa shape index (κ1) is 17.3. The first-order chi connectivity index (χ1) is 11.9. The quantitative estimate of drug-likeness (QED) is 0.626. The zero-order valence-corrected chi connectivity index (χ0v) is 14.2. The van der Waals surface area contributed by atoms with Gasteiger partial charge >= 0.3 is 5.69 Å². The molecule has 0 radical (unpaired) electrons. The van der Waals surface area contributed by atoms with Crippen LogP contribution in [0.2, 0.25) is 0 Å².